The monoisotopic (exact) mass is 375 g/mol. The highest BCUT2D eigenvalue weighted by Gasteiger charge is 2.50. The molecule has 0 spiro atoms. The summed E-state index contributed by atoms with van der Waals surface area (Å²) in [5.74, 6) is -3.63. The number of rotatable bonds is 6. The van der Waals surface area contributed by atoms with Gasteiger partial charge in [-0.15, -0.1) is 0 Å². The van der Waals surface area contributed by atoms with Gasteiger partial charge in [-0.3, -0.25) is 4.79 Å². The first-order chi connectivity index (χ1) is 10.4. The fraction of sp³-hybridized carbons (Fsp3) is 0.467. The van der Waals surface area contributed by atoms with Gasteiger partial charge in [-0.05, 0) is 11.5 Å². The highest BCUT2D eigenvalue weighted by Crippen LogP contribution is 2.44. The Kier molecular flexibility index (Phi) is 5.50. The fourth-order valence-electron chi connectivity index (χ4n) is 2.38. The van der Waals surface area contributed by atoms with E-state index in [4.69, 9.17) is 4.74 Å². The molecule has 0 saturated heterocycles. The van der Waals surface area contributed by atoms with E-state index in [9.17, 15) is 18.4 Å². The molecule has 1 aromatic rings. The lowest BCUT2D eigenvalue weighted by atomic mass is 9.75. The van der Waals surface area contributed by atoms with E-state index in [0.717, 1.165) is 5.56 Å². The number of nitrogens with one attached hydrogen (secondary N) is 1. The van der Waals surface area contributed by atoms with Crippen molar-refractivity contribution in [2.24, 2.45) is 5.92 Å². The number of alkyl halides is 3. The van der Waals surface area contributed by atoms with E-state index in [2.05, 4.69) is 21.2 Å². The normalized spacial score (nSPS) is 18.1. The van der Waals surface area contributed by atoms with Crippen molar-refractivity contribution in [2.45, 2.75) is 31.4 Å². The first kappa shape index (κ1) is 16.9. The second-order valence-corrected chi connectivity index (χ2v) is 5.87. The zero-order chi connectivity index (χ0) is 16.2. The minimum atomic E-state index is -2.74. The number of carbonyl (C=O) groups is 2. The Hall–Kier alpha value is -1.50. The molecular weight excluding hydrogens is 360 g/mol. The van der Waals surface area contributed by atoms with Crippen molar-refractivity contribution >= 4 is 27.8 Å². The Morgan fingerprint density at radius 2 is 1.95 bits per heavy atom. The molecule has 0 bridgehead atoms. The molecule has 1 saturated carbocycles. The molecule has 4 nitrogen and oxygen atoms in total. The molecule has 0 radical (unpaired) electrons. The maximum atomic E-state index is 13.0. The lowest BCUT2D eigenvalue weighted by Crippen LogP contribution is -2.53. The standard InChI is InChI=1S/C15H16BrF2NO3/c16-8-12(20)13(11-6-15(17,18)7-11)19-14(21)22-9-10-4-2-1-3-5-10/h1-5,11,13H,6-9H2,(H,19,21). The maximum absolute atomic E-state index is 13.0. The van der Waals surface area contributed by atoms with Crippen molar-refractivity contribution in [2.75, 3.05) is 5.33 Å². The average molecular weight is 376 g/mol. The van der Waals surface area contributed by atoms with E-state index in [1.165, 1.54) is 0 Å². The van der Waals surface area contributed by atoms with Crippen LogP contribution in [-0.4, -0.2) is 29.2 Å². The van der Waals surface area contributed by atoms with E-state index in [0.29, 0.717) is 0 Å². The van der Waals surface area contributed by atoms with Gasteiger partial charge in [-0.2, -0.15) is 0 Å². The predicted octanol–water partition coefficient (Wildman–Crippen LogP) is 3.29. The molecule has 1 fully saturated rings. The van der Waals surface area contributed by atoms with Crippen LogP contribution in [0.4, 0.5) is 13.6 Å². The zero-order valence-electron chi connectivity index (χ0n) is 11.7. The summed E-state index contributed by atoms with van der Waals surface area (Å²) in [7, 11) is 0. The molecule has 1 aromatic carbocycles. The number of halogens is 3. The van der Waals surface area contributed by atoms with Crippen LogP contribution >= 0.6 is 15.9 Å². The second kappa shape index (κ2) is 7.17. The molecular formula is C15H16BrF2NO3. The highest BCUT2D eigenvalue weighted by molar-refractivity contribution is 9.09. The molecule has 0 aliphatic heterocycles. The fourth-order valence-corrected chi connectivity index (χ4v) is 2.73. The van der Waals surface area contributed by atoms with Crippen LogP contribution in [0.1, 0.15) is 18.4 Å². The van der Waals surface area contributed by atoms with Gasteiger partial charge >= 0.3 is 6.09 Å². The summed E-state index contributed by atoms with van der Waals surface area (Å²) in [4.78, 5) is 23.6. The highest BCUT2D eigenvalue weighted by atomic mass is 79.9. The summed E-state index contributed by atoms with van der Waals surface area (Å²) < 4.78 is 30.9. The maximum Gasteiger partial charge on any atom is 0.408 e. The first-order valence-corrected chi connectivity index (χ1v) is 7.97. The Balaban J connectivity index is 1.87. The summed E-state index contributed by atoms with van der Waals surface area (Å²) in [5, 5.41) is 2.40. The lowest BCUT2D eigenvalue weighted by Gasteiger charge is -2.39. The van der Waals surface area contributed by atoms with Gasteiger partial charge in [-0.25, -0.2) is 13.6 Å². The number of ketones is 1. The van der Waals surface area contributed by atoms with Gasteiger partial charge in [0.15, 0.2) is 5.78 Å². The third kappa shape index (κ3) is 4.50. The Labute approximate surface area is 135 Å². The van der Waals surface area contributed by atoms with E-state index in [-0.39, 0.29) is 17.7 Å². The van der Waals surface area contributed by atoms with E-state index >= 15 is 0 Å². The molecule has 0 heterocycles. The van der Waals surface area contributed by atoms with Gasteiger partial charge in [-0.1, -0.05) is 46.3 Å². The number of amides is 1. The SMILES string of the molecule is O=C(NC(C(=O)CBr)C1CC(F)(F)C1)OCc1ccccc1. The summed E-state index contributed by atoms with van der Waals surface area (Å²) in [6, 6.07) is 8.10. The van der Waals surface area contributed by atoms with E-state index in [1.54, 1.807) is 12.1 Å². The average Bonchev–Trinajstić information content (AvgIpc) is 2.48. The van der Waals surface area contributed by atoms with Gasteiger partial charge in [0.2, 0.25) is 5.92 Å². The van der Waals surface area contributed by atoms with Crippen LogP contribution in [-0.2, 0) is 16.1 Å². The third-order valence-electron chi connectivity index (χ3n) is 3.56. The zero-order valence-corrected chi connectivity index (χ0v) is 13.3. The van der Waals surface area contributed by atoms with Gasteiger partial charge < -0.3 is 10.1 Å². The van der Waals surface area contributed by atoms with Crippen LogP contribution in [0.5, 0.6) is 0 Å². The van der Waals surface area contributed by atoms with E-state index in [1.807, 2.05) is 18.2 Å². The van der Waals surface area contributed by atoms with Crippen LogP contribution in [0.15, 0.2) is 30.3 Å². The number of benzene rings is 1. The molecule has 1 atom stereocenters. The third-order valence-corrected chi connectivity index (χ3v) is 4.11. The smallest absolute Gasteiger partial charge is 0.408 e. The molecule has 1 N–H and O–H groups in total. The molecule has 1 aliphatic carbocycles. The Bertz CT molecular complexity index is 531. The van der Waals surface area contributed by atoms with Crippen LogP contribution in [0.25, 0.3) is 0 Å². The second-order valence-electron chi connectivity index (χ2n) is 5.31. The van der Waals surface area contributed by atoms with Gasteiger partial charge in [0.25, 0.3) is 0 Å². The summed E-state index contributed by atoms with van der Waals surface area (Å²) >= 11 is 3.00. The quantitative estimate of drug-likeness (QED) is 0.776. The molecule has 22 heavy (non-hydrogen) atoms. The van der Waals surface area contributed by atoms with Crippen molar-refractivity contribution in [3.8, 4) is 0 Å². The summed E-state index contributed by atoms with van der Waals surface area (Å²) in [6.07, 6.45) is -1.57. The van der Waals surface area contributed by atoms with Gasteiger partial charge in [0, 0.05) is 12.8 Å². The predicted molar refractivity (Wildman–Crippen MR) is 80.0 cm³/mol. The van der Waals surface area contributed by atoms with Crippen LogP contribution in [0.3, 0.4) is 0 Å². The van der Waals surface area contributed by atoms with Crippen molar-refractivity contribution in [1.29, 1.82) is 0 Å². The molecule has 120 valence electrons. The van der Waals surface area contributed by atoms with Crippen LogP contribution in [0, 0.1) is 5.92 Å². The Morgan fingerprint density at radius 3 is 2.50 bits per heavy atom. The number of ether oxygens (including phenoxy) is 1. The topological polar surface area (TPSA) is 55.4 Å². The number of hydrogen-bond acceptors (Lipinski definition) is 3. The van der Waals surface area contributed by atoms with Crippen molar-refractivity contribution in [1.82, 2.24) is 5.32 Å². The largest absolute Gasteiger partial charge is 0.445 e. The Morgan fingerprint density at radius 1 is 1.32 bits per heavy atom. The first-order valence-electron chi connectivity index (χ1n) is 6.85. The molecule has 7 heteroatoms. The number of hydrogen-bond donors (Lipinski definition) is 1. The summed E-state index contributed by atoms with van der Waals surface area (Å²) in [5.41, 5.74) is 0.802. The van der Waals surface area contributed by atoms with Crippen molar-refractivity contribution < 1.29 is 23.1 Å². The lowest BCUT2D eigenvalue weighted by molar-refractivity contribution is -0.136. The number of Topliss-reactive ketones (excluding diaryl/α,β-unsaturated/α-hetero) is 1. The molecule has 0 aromatic heterocycles. The number of carbonyl (C=O) groups excluding carboxylic acids is 2. The van der Waals surface area contributed by atoms with E-state index < -0.39 is 36.8 Å². The van der Waals surface area contributed by atoms with Crippen LogP contribution in [0.2, 0.25) is 0 Å². The van der Waals surface area contributed by atoms with Gasteiger partial charge in [0.1, 0.15) is 6.61 Å². The number of alkyl carbamates (subject to hydrolysis) is 1. The minimum absolute atomic E-state index is 0.00129. The van der Waals surface area contributed by atoms with Crippen LogP contribution < -0.4 is 5.32 Å². The summed E-state index contributed by atoms with van der Waals surface area (Å²) in [6.45, 7) is 0.0583. The van der Waals surface area contributed by atoms with Crippen molar-refractivity contribution in [3.63, 3.8) is 0 Å². The molecule has 1 amide bonds. The molecule has 1 aliphatic rings. The molecule has 1 unspecified atom stereocenters. The molecule has 2 rings (SSSR count). The van der Waals surface area contributed by atoms with Gasteiger partial charge in [0.05, 0.1) is 11.4 Å². The minimum Gasteiger partial charge on any atom is -0.445 e. The van der Waals surface area contributed by atoms with Crippen molar-refractivity contribution in [3.05, 3.63) is 35.9 Å².